The molecule has 0 saturated carbocycles. The first-order valence-corrected chi connectivity index (χ1v) is 6.70. The van der Waals surface area contributed by atoms with Gasteiger partial charge >= 0.3 is 0 Å². The van der Waals surface area contributed by atoms with Gasteiger partial charge in [0.2, 0.25) is 0 Å². The van der Waals surface area contributed by atoms with Crippen molar-refractivity contribution in [1.29, 1.82) is 0 Å². The highest BCUT2D eigenvalue weighted by molar-refractivity contribution is 6.80. The van der Waals surface area contributed by atoms with E-state index < -0.39 is 8.07 Å². The third-order valence-electron chi connectivity index (χ3n) is 0.818. The van der Waals surface area contributed by atoms with Crippen LogP contribution in [0.15, 0.2) is 18.2 Å². The van der Waals surface area contributed by atoms with E-state index in [1.54, 1.807) is 6.08 Å². The normalized spacial score (nSPS) is 12.3. The van der Waals surface area contributed by atoms with Gasteiger partial charge in [-0.2, -0.15) is 0 Å². The number of rotatable bonds is 3. The van der Waals surface area contributed by atoms with E-state index in [-0.39, 0.29) is 0 Å². The first-order chi connectivity index (χ1) is 4.06. The molecule has 0 unspecified atom stereocenters. The molecule has 0 nitrogen and oxygen atoms in total. The Hall–Kier alpha value is -0.303. The minimum absolute atomic E-state index is 0.982. The van der Waals surface area contributed by atoms with Crippen LogP contribution in [-0.2, 0) is 0 Å². The predicted molar refractivity (Wildman–Crippen MR) is 45.7 cm³/mol. The van der Waals surface area contributed by atoms with Gasteiger partial charge in [-0.1, -0.05) is 44.4 Å². The second-order valence-corrected chi connectivity index (χ2v) is 8.18. The van der Waals surface area contributed by atoms with Crippen LogP contribution < -0.4 is 0 Å². The van der Waals surface area contributed by atoms with Crippen LogP contribution in [0.2, 0.25) is 19.6 Å². The Morgan fingerprint density at radius 2 is 1.67 bits per heavy atom. The maximum absolute atomic E-state index is 5.14. The SMILES string of the molecule is [CH]=CC=C[CH][Si](C)(C)C. The van der Waals surface area contributed by atoms with Crippen molar-refractivity contribution in [2.75, 3.05) is 0 Å². The third kappa shape index (κ3) is 7.70. The molecule has 0 saturated heterocycles. The summed E-state index contributed by atoms with van der Waals surface area (Å²) in [6.07, 6.45) is 5.43. The molecule has 2 radical (unpaired) electrons. The summed E-state index contributed by atoms with van der Waals surface area (Å²) in [4.78, 5) is 0. The molecule has 9 heavy (non-hydrogen) atoms. The molecule has 0 bridgehead atoms. The lowest BCUT2D eigenvalue weighted by Gasteiger charge is -2.10. The fraction of sp³-hybridized carbons (Fsp3) is 0.375. The predicted octanol–water partition coefficient (Wildman–Crippen LogP) is 2.61. The molecule has 1 heteroatoms. The first kappa shape index (κ1) is 8.70. The average molecular weight is 138 g/mol. The Morgan fingerprint density at radius 3 is 2.00 bits per heavy atom. The summed E-state index contributed by atoms with van der Waals surface area (Å²) < 4.78 is 0. The second kappa shape index (κ2) is 3.67. The van der Waals surface area contributed by atoms with E-state index in [0.29, 0.717) is 0 Å². The maximum Gasteiger partial charge on any atom is 0.0517 e. The highest BCUT2D eigenvalue weighted by atomic mass is 28.3. The van der Waals surface area contributed by atoms with E-state index in [1.165, 1.54) is 0 Å². The van der Waals surface area contributed by atoms with Crippen LogP contribution in [0, 0.1) is 12.6 Å². The van der Waals surface area contributed by atoms with Crippen LogP contribution >= 0.6 is 0 Å². The molecule has 0 aliphatic carbocycles. The van der Waals surface area contributed by atoms with Crippen LogP contribution in [0.25, 0.3) is 0 Å². The van der Waals surface area contributed by atoms with Gasteiger partial charge in [-0.25, -0.2) is 0 Å². The summed E-state index contributed by atoms with van der Waals surface area (Å²) in [5.41, 5.74) is 0. The zero-order valence-electron chi connectivity index (χ0n) is 6.39. The maximum atomic E-state index is 5.14. The quantitative estimate of drug-likeness (QED) is 0.415. The van der Waals surface area contributed by atoms with Gasteiger partial charge in [0.05, 0.1) is 8.07 Å². The second-order valence-electron chi connectivity index (χ2n) is 3.11. The summed E-state index contributed by atoms with van der Waals surface area (Å²) in [5.74, 6) is 0. The van der Waals surface area contributed by atoms with Gasteiger partial charge in [0.15, 0.2) is 0 Å². The van der Waals surface area contributed by atoms with E-state index >= 15 is 0 Å². The van der Waals surface area contributed by atoms with Gasteiger partial charge in [-0.05, 0) is 6.04 Å². The molecule has 50 valence electrons. The highest BCUT2D eigenvalue weighted by Crippen LogP contribution is 2.04. The molecule has 0 aliphatic heterocycles. The number of hydrogen-bond acceptors (Lipinski definition) is 0. The average Bonchev–Trinajstić information content (AvgIpc) is 1.63. The summed E-state index contributed by atoms with van der Waals surface area (Å²) in [5, 5.41) is 0. The lowest BCUT2D eigenvalue weighted by molar-refractivity contribution is 1.67. The van der Waals surface area contributed by atoms with E-state index in [2.05, 4.69) is 25.7 Å². The van der Waals surface area contributed by atoms with Gasteiger partial charge < -0.3 is 0 Å². The molecule has 0 fully saturated rings. The van der Waals surface area contributed by atoms with Crippen molar-refractivity contribution in [3.05, 3.63) is 30.9 Å². The molecular weight excluding hydrogens is 124 g/mol. The van der Waals surface area contributed by atoms with Gasteiger partial charge in [0.1, 0.15) is 0 Å². The van der Waals surface area contributed by atoms with E-state index in [4.69, 9.17) is 6.58 Å². The zero-order valence-corrected chi connectivity index (χ0v) is 7.39. The Balaban J connectivity index is 3.50. The molecule has 0 aliphatic rings. The Kier molecular flexibility index (Phi) is 3.55. The van der Waals surface area contributed by atoms with Crippen LogP contribution in [0.4, 0.5) is 0 Å². The fourth-order valence-electron chi connectivity index (χ4n) is 0.408. The van der Waals surface area contributed by atoms with Gasteiger partial charge in [-0.15, -0.1) is 0 Å². The van der Waals surface area contributed by atoms with E-state index in [9.17, 15) is 0 Å². The van der Waals surface area contributed by atoms with Gasteiger partial charge in [0.25, 0.3) is 0 Å². The molecule has 0 spiro atoms. The minimum atomic E-state index is -0.982. The summed E-state index contributed by atoms with van der Waals surface area (Å²) >= 11 is 0. The van der Waals surface area contributed by atoms with Crippen LogP contribution in [0.3, 0.4) is 0 Å². The molecule has 0 aromatic heterocycles. The molecule has 0 rings (SSSR count). The Labute approximate surface area is 59.3 Å². The molecule has 0 aromatic carbocycles. The first-order valence-electron chi connectivity index (χ1n) is 3.12. The molecule has 0 atom stereocenters. The lowest BCUT2D eigenvalue weighted by atomic mass is 10.5. The number of allylic oxidation sites excluding steroid dienone is 3. The van der Waals surface area contributed by atoms with Crippen molar-refractivity contribution in [1.82, 2.24) is 0 Å². The van der Waals surface area contributed by atoms with E-state index in [0.717, 1.165) is 0 Å². The molecule has 0 heterocycles. The topological polar surface area (TPSA) is 0 Å². The van der Waals surface area contributed by atoms with Crippen molar-refractivity contribution in [2.45, 2.75) is 19.6 Å². The Bertz CT molecular complexity index is 106. The molecule has 0 N–H and O–H groups in total. The van der Waals surface area contributed by atoms with Crippen LogP contribution in [0.1, 0.15) is 0 Å². The van der Waals surface area contributed by atoms with Gasteiger partial charge in [0, 0.05) is 0 Å². The van der Waals surface area contributed by atoms with Crippen molar-refractivity contribution in [3.8, 4) is 0 Å². The largest absolute Gasteiger partial charge is 0.0838 e. The van der Waals surface area contributed by atoms with Crippen molar-refractivity contribution < 1.29 is 0 Å². The highest BCUT2D eigenvalue weighted by Gasteiger charge is 2.09. The molecule has 0 amide bonds. The Morgan fingerprint density at radius 1 is 1.11 bits per heavy atom. The smallest absolute Gasteiger partial charge is 0.0517 e. The summed E-state index contributed by atoms with van der Waals surface area (Å²) in [7, 11) is -0.982. The summed E-state index contributed by atoms with van der Waals surface area (Å²) in [6, 6.07) is 2.25. The van der Waals surface area contributed by atoms with E-state index in [1.807, 2.05) is 12.2 Å². The number of hydrogen-bond donors (Lipinski definition) is 0. The molecule has 0 aromatic rings. The van der Waals surface area contributed by atoms with Crippen LogP contribution in [-0.4, -0.2) is 8.07 Å². The standard InChI is InChI=1S/C8H14Si/c1-5-6-7-8-9(2,3)4/h1,5-8H,2-4H3. The minimum Gasteiger partial charge on any atom is -0.0838 e. The summed E-state index contributed by atoms with van der Waals surface area (Å²) in [6.45, 7) is 12.0. The fourth-order valence-corrected chi connectivity index (χ4v) is 1.10. The van der Waals surface area contributed by atoms with Crippen LogP contribution in [0.5, 0.6) is 0 Å². The van der Waals surface area contributed by atoms with Gasteiger partial charge in [-0.3, -0.25) is 0 Å². The lowest BCUT2D eigenvalue weighted by Crippen LogP contribution is -2.19. The molecular formula is C8H14Si. The van der Waals surface area contributed by atoms with Crippen molar-refractivity contribution >= 4 is 8.07 Å². The zero-order chi connectivity index (χ0) is 7.33. The third-order valence-corrected chi connectivity index (χ3v) is 2.01. The monoisotopic (exact) mass is 138 g/mol. The van der Waals surface area contributed by atoms with Crippen molar-refractivity contribution in [2.24, 2.45) is 0 Å². The van der Waals surface area contributed by atoms with Crippen molar-refractivity contribution in [3.63, 3.8) is 0 Å².